The van der Waals surface area contributed by atoms with Gasteiger partial charge in [0.15, 0.2) is 0 Å². The molecule has 29 heavy (non-hydrogen) atoms. The molecule has 1 aliphatic carbocycles. The van der Waals surface area contributed by atoms with Crippen LogP contribution in [0.4, 0.5) is 0 Å². The summed E-state index contributed by atoms with van der Waals surface area (Å²) in [5, 5.41) is 0.294. The first-order chi connectivity index (χ1) is 14.1. The van der Waals surface area contributed by atoms with Gasteiger partial charge in [0.2, 0.25) is 16.9 Å². The first-order valence-electron chi connectivity index (χ1n) is 9.94. The Morgan fingerprint density at radius 3 is 2.79 bits per heavy atom. The lowest BCUT2D eigenvalue weighted by Crippen LogP contribution is -2.46. The van der Waals surface area contributed by atoms with Crippen LogP contribution in [-0.4, -0.2) is 52.1 Å². The monoisotopic (exact) mass is 405 g/mol. The number of carbonyl (C=O) groups excluding carboxylic acids is 2. The first kappa shape index (κ1) is 19.5. The molecule has 0 bridgehead atoms. The number of nitrogens with zero attached hydrogens (tertiary/aromatic N) is 3. The summed E-state index contributed by atoms with van der Waals surface area (Å²) < 4.78 is 0. The van der Waals surface area contributed by atoms with Crippen LogP contribution in [0.25, 0.3) is 5.57 Å². The fraction of sp³-hybridized carbons (Fsp3) is 0.304. The number of fused-ring (bicyclic) bond motifs is 1. The zero-order valence-electron chi connectivity index (χ0n) is 16.2. The molecule has 0 spiro atoms. The van der Waals surface area contributed by atoms with E-state index in [1.807, 2.05) is 47.4 Å². The molecule has 1 aromatic rings. The maximum Gasteiger partial charge on any atom is 0.241 e. The van der Waals surface area contributed by atoms with Gasteiger partial charge in [0.25, 0.3) is 0 Å². The SMILES string of the molecule is O=C(CCCN1C(=O)C2C=CC=CC2=NC1=S)N1CC=C(c2ccccc2)CC1. The number of thiocarbonyl (C=S) groups is 1. The number of carbonyl (C=O) groups is 2. The number of hydrogen-bond acceptors (Lipinski definition) is 3. The summed E-state index contributed by atoms with van der Waals surface area (Å²) in [5.41, 5.74) is 3.22. The third kappa shape index (κ3) is 4.27. The molecular weight excluding hydrogens is 382 g/mol. The molecule has 148 valence electrons. The van der Waals surface area contributed by atoms with Gasteiger partial charge in [-0.15, -0.1) is 0 Å². The lowest BCUT2D eigenvalue weighted by Gasteiger charge is -2.30. The predicted molar refractivity (Wildman–Crippen MR) is 118 cm³/mol. The normalized spacial score (nSPS) is 21.0. The van der Waals surface area contributed by atoms with Crippen molar-refractivity contribution in [3.63, 3.8) is 0 Å². The van der Waals surface area contributed by atoms with Gasteiger partial charge >= 0.3 is 0 Å². The summed E-state index contributed by atoms with van der Waals surface area (Å²) in [6.45, 7) is 1.79. The third-order valence-electron chi connectivity index (χ3n) is 5.47. The Hall–Kier alpha value is -2.86. The highest BCUT2D eigenvalue weighted by molar-refractivity contribution is 7.80. The van der Waals surface area contributed by atoms with Gasteiger partial charge in [0.05, 0.1) is 11.6 Å². The summed E-state index contributed by atoms with van der Waals surface area (Å²) in [7, 11) is 0. The Balaban J connectivity index is 1.29. The molecule has 1 aromatic carbocycles. The van der Waals surface area contributed by atoms with E-state index in [9.17, 15) is 9.59 Å². The minimum Gasteiger partial charge on any atom is -0.339 e. The molecule has 0 fully saturated rings. The molecule has 2 amide bonds. The Labute approximate surface area is 176 Å². The van der Waals surface area contributed by atoms with Crippen molar-refractivity contribution < 1.29 is 9.59 Å². The lowest BCUT2D eigenvalue weighted by molar-refractivity contribution is -0.132. The van der Waals surface area contributed by atoms with Gasteiger partial charge in [0.1, 0.15) is 0 Å². The van der Waals surface area contributed by atoms with Gasteiger partial charge in [-0.3, -0.25) is 14.5 Å². The number of amides is 2. The van der Waals surface area contributed by atoms with Gasteiger partial charge in [-0.25, -0.2) is 4.99 Å². The molecule has 1 unspecified atom stereocenters. The van der Waals surface area contributed by atoms with E-state index in [2.05, 4.69) is 23.2 Å². The fourth-order valence-corrected chi connectivity index (χ4v) is 4.13. The quantitative estimate of drug-likeness (QED) is 0.706. The average Bonchev–Trinajstić information content (AvgIpc) is 2.76. The summed E-state index contributed by atoms with van der Waals surface area (Å²) >= 11 is 5.29. The summed E-state index contributed by atoms with van der Waals surface area (Å²) in [6, 6.07) is 10.3. The van der Waals surface area contributed by atoms with Crippen LogP contribution in [0.2, 0.25) is 0 Å². The second-order valence-corrected chi connectivity index (χ2v) is 7.68. The van der Waals surface area contributed by atoms with Crippen molar-refractivity contribution in [2.75, 3.05) is 19.6 Å². The van der Waals surface area contributed by atoms with Crippen LogP contribution >= 0.6 is 12.2 Å². The maximum atomic E-state index is 12.7. The van der Waals surface area contributed by atoms with Crippen molar-refractivity contribution >= 4 is 40.4 Å². The molecule has 0 radical (unpaired) electrons. The molecule has 2 heterocycles. The standard InChI is InChI=1S/C23H23N3O2S/c27-21(25-15-12-18(13-16-25)17-7-2-1-3-8-17)11-6-14-26-22(28)19-9-4-5-10-20(19)24-23(26)29/h1-5,7-10,12,19H,6,11,13-16H2. The zero-order chi connectivity index (χ0) is 20.2. The number of aliphatic imine (C=N–C) groups is 1. The van der Waals surface area contributed by atoms with Gasteiger partial charge in [-0.05, 0) is 42.3 Å². The van der Waals surface area contributed by atoms with Crippen LogP contribution in [0.1, 0.15) is 24.8 Å². The molecule has 6 heteroatoms. The van der Waals surface area contributed by atoms with Crippen molar-refractivity contribution in [3.05, 3.63) is 66.3 Å². The van der Waals surface area contributed by atoms with Gasteiger partial charge < -0.3 is 4.90 Å². The highest BCUT2D eigenvalue weighted by atomic mass is 32.1. The van der Waals surface area contributed by atoms with Crippen molar-refractivity contribution in [1.29, 1.82) is 0 Å². The van der Waals surface area contributed by atoms with Crippen molar-refractivity contribution in [2.24, 2.45) is 10.9 Å². The number of hydrogen-bond donors (Lipinski definition) is 0. The molecule has 0 saturated carbocycles. The van der Waals surface area contributed by atoms with Crippen LogP contribution in [0.5, 0.6) is 0 Å². The van der Waals surface area contributed by atoms with Gasteiger partial charge in [-0.2, -0.15) is 0 Å². The number of benzene rings is 1. The highest BCUT2D eigenvalue weighted by Gasteiger charge is 2.33. The summed E-state index contributed by atoms with van der Waals surface area (Å²) in [6.07, 6.45) is 11.4. The minimum absolute atomic E-state index is 0.0542. The van der Waals surface area contributed by atoms with Gasteiger partial charge in [0, 0.05) is 26.1 Å². The highest BCUT2D eigenvalue weighted by Crippen LogP contribution is 2.23. The van der Waals surface area contributed by atoms with Gasteiger partial charge in [-0.1, -0.05) is 54.6 Å². The van der Waals surface area contributed by atoms with E-state index in [0.29, 0.717) is 36.8 Å². The summed E-state index contributed by atoms with van der Waals surface area (Å²) in [5.74, 6) is -0.291. The minimum atomic E-state index is -0.356. The van der Waals surface area contributed by atoms with E-state index in [4.69, 9.17) is 12.2 Å². The average molecular weight is 406 g/mol. The van der Waals surface area contributed by atoms with Crippen LogP contribution in [-0.2, 0) is 9.59 Å². The molecule has 0 saturated heterocycles. The maximum absolute atomic E-state index is 12.7. The van der Waals surface area contributed by atoms with E-state index in [1.165, 1.54) is 16.0 Å². The van der Waals surface area contributed by atoms with Crippen LogP contribution < -0.4 is 0 Å². The lowest BCUT2D eigenvalue weighted by atomic mass is 9.95. The Kier molecular flexibility index (Phi) is 5.81. The molecule has 0 aromatic heterocycles. The number of rotatable bonds is 5. The number of allylic oxidation sites excluding steroid dienone is 3. The largest absolute Gasteiger partial charge is 0.339 e. The van der Waals surface area contributed by atoms with E-state index < -0.39 is 0 Å². The molecule has 1 atom stereocenters. The Morgan fingerprint density at radius 1 is 1.21 bits per heavy atom. The third-order valence-corrected chi connectivity index (χ3v) is 5.78. The van der Waals surface area contributed by atoms with E-state index in [0.717, 1.165) is 13.0 Å². The predicted octanol–water partition coefficient (Wildman–Crippen LogP) is 3.39. The van der Waals surface area contributed by atoms with E-state index in [1.54, 1.807) is 0 Å². The van der Waals surface area contributed by atoms with E-state index >= 15 is 0 Å². The Bertz CT molecular complexity index is 946. The van der Waals surface area contributed by atoms with Crippen molar-refractivity contribution in [2.45, 2.75) is 19.3 Å². The fourth-order valence-electron chi connectivity index (χ4n) is 3.84. The molecule has 3 aliphatic rings. The molecule has 5 nitrogen and oxygen atoms in total. The van der Waals surface area contributed by atoms with Crippen LogP contribution in [0.15, 0.2) is 65.7 Å². The Morgan fingerprint density at radius 2 is 2.03 bits per heavy atom. The van der Waals surface area contributed by atoms with Crippen LogP contribution in [0.3, 0.4) is 0 Å². The van der Waals surface area contributed by atoms with E-state index in [-0.39, 0.29) is 17.7 Å². The van der Waals surface area contributed by atoms with Crippen molar-refractivity contribution in [1.82, 2.24) is 9.80 Å². The van der Waals surface area contributed by atoms with Crippen molar-refractivity contribution in [3.8, 4) is 0 Å². The topological polar surface area (TPSA) is 53.0 Å². The molecule has 2 aliphatic heterocycles. The second kappa shape index (κ2) is 8.66. The molecule has 0 N–H and O–H groups in total. The molecule has 4 rings (SSSR count). The summed E-state index contributed by atoms with van der Waals surface area (Å²) in [4.78, 5) is 33.1. The first-order valence-corrected chi connectivity index (χ1v) is 10.4. The van der Waals surface area contributed by atoms with Crippen LogP contribution in [0, 0.1) is 5.92 Å². The molecular formula is C23H23N3O2S. The second-order valence-electron chi connectivity index (χ2n) is 7.32. The smallest absolute Gasteiger partial charge is 0.241 e. The zero-order valence-corrected chi connectivity index (χ0v) is 17.0.